The Kier molecular flexibility index (Phi) is 4.71. The maximum atomic E-state index is 6.34. The van der Waals surface area contributed by atoms with Crippen LogP contribution in [0.3, 0.4) is 0 Å². The van der Waals surface area contributed by atoms with Crippen LogP contribution in [0.25, 0.3) is 10.9 Å². The summed E-state index contributed by atoms with van der Waals surface area (Å²) in [5.74, 6) is 1.03. The summed E-state index contributed by atoms with van der Waals surface area (Å²) in [6.07, 6.45) is 1.47. The van der Waals surface area contributed by atoms with Crippen LogP contribution in [0, 0.1) is 13.8 Å². The molecule has 0 amide bonds. The summed E-state index contributed by atoms with van der Waals surface area (Å²) in [5.41, 5.74) is 11.4. The summed E-state index contributed by atoms with van der Waals surface area (Å²) in [4.78, 5) is 13.1. The third-order valence-corrected chi connectivity index (χ3v) is 4.70. The lowest BCUT2D eigenvalue weighted by Gasteiger charge is -2.15. The molecule has 28 heavy (non-hydrogen) atoms. The van der Waals surface area contributed by atoms with E-state index in [4.69, 9.17) is 17.3 Å². The van der Waals surface area contributed by atoms with Gasteiger partial charge in [0.25, 0.3) is 0 Å². The van der Waals surface area contributed by atoms with Crippen LogP contribution in [-0.4, -0.2) is 15.0 Å². The Bertz CT molecular complexity index is 1170. The largest absolute Gasteiger partial charge is 0.393 e. The van der Waals surface area contributed by atoms with E-state index in [9.17, 15) is 0 Å². The van der Waals surface area contributed by atoms with Crippen LogP contribution in [-0.2, 0) is 0 Å². The lowest BCUT2D eigenvalue weighted by molar-refractivity contribution is 1.17. The number of nitrogen functional groups attached to an aromatic ring is 1. The Morgan fingerprint density at radius 1 is 0.893 bits per heavy atom. The lowest BCUT2D eigenvalue weighted by atomic mass is 10.1. The molecule has 0 saturated heterocycles. The zero-order chi connectivity index (χ0) is 19.7. The number of nitrogens with one attached hydrogen (secondary N) is 2. The first-order chi connectivity index (χ1) is 13.5. The number of aromatic nitrogens is 3. The van der Waals surface area contributed by atoms with E-state index in [2.05, 4.69) is 25.6 Å². The number of anilines is 5. The van der Waals surface area contributed by atoms with Crippen molar-refractivity contribution in [1.29, 1.82) is 0 Å². The highest BCUT2D eigenvalue weighted by Crippen LogP contribution is 2.32. The van der Waals surface area contributed by atoms with Gasteiger partial charge in [0.15, 0.2) is 11.6 Å². The molecule has 4 N–H and O–H groups in total. The number of hydrogen-bond acceptors (Lipinski definition) is 6. The molecule has 2 aromatic heterocycles. The van der Waals surface area contributed by atoms with Gasteiger partial charge in [0.2, 0.25) is 0 Å². The van der Waals surface area contributed by atoms with Crippen LogP contribution in [0.1, 0.15) is 11.3 Å². The second-order valence-corrected chi connectivity index (χ2v) is 6.96. The highest BCUT2D eigenvalue weighted by Gasteiger charge is 2.11. The molecule has 140 valence electrons. The molecular weight excluding hydrogens is 372 g/mol. The van der Waals surface area contributed by atoms with Crippen molar-refractivity contribution in [1.82, 2.24) is 15.0 Å². The van der Waals surface area contributed by atoms with Crippen molar-refractivity contribution in [3.05, 3.63) is 71.1 Å². The predicted molar refractivity (Wildman–Crippen MR) is 116 cm³/mol. The fraction of sp³-hybridized carbons (Fsp3) is 0.0952. The first-order valence-corrected chi connectivity index (χ1v) is 9.16. The minimum Gasteiger partial charge on any atom is -0.393 e. The summed E-state index contributed by atoms with van der Waals surface area (Å²) >= 11 is 6.11. The highest BCUT2D eigenvalue weighted by molar-refractivity contribution is 6.30. The van der Waals surface area contributed by atoms with Crippen LogP contribution < -0.4 is 16.4 Å². The summed E-state index contributed by atoms with van der Waals surface area (Å²) in [6.45, 7) is 3.96. The zero-order valence-corrected chi connectivity index (χ0v) is 16.2. The monoisotopic (exact) mass is 390 g/mol. The molecule has 0 aliphatic carbocycles. The Morgan fingerprint density at radius 2 is 1.64 bits per heavy atom. The average Bonchev–Trinajstić information content (AvgIpc) is 2.67. The Labute approximate surface area is 167 Å². The summed E-state index contributed by atoms with van der Waals surface area (Å²) in [6, 6.07) is 15.5. The van der Waals surface area contributed by atoms with E-state index in [-0.39, 0.29) is 0 Å². The number of nitrogens with zero attached hydrogens (tertiary/aromatic N) is 3. The topological polar surface area (TPSA) is 88.8 Å². The number of aryl methyl sites for hydroxylation is 2. The maximum absolute atomic E-state index is 6.34. The van der Waals surface area contributed by atoms with Gasteiger partial charge in [0.1, 0.15) is 12.0 Å². The van der Waals surface area contributed by atoms with Crippen molar-refractivity contribution < 1.29 is 0 Å². The number of benzene rings is 2. The Balaban J connectivity index is 1.69. The van der Waals surface area contributed by atoms with E-state index < -0.39 is 0 Å². The molecule has 4 rings (SSSR count). The highest BCUT2D eigenvalue weighted by atomic mass is 35.5. The van der Waals surface area contributed by atoms with Crippen molar-refractivity contribution in [2.45, 2.75) is 13.8 Å². The van der Waals surface area contributed by atoms with E-state index in [0.29, 0.717) is 22.3 Å². The molecule has 7 heteroatoms. The van der Waals surface area contributed by atoms with Gasteiger partial charge in [0.05, 0.1) is 5.52 Å². The molecule has 0 radical (unpaired) electrons. The van der Waals surface area contributed by atoms with Crippen molar-refractivity contribution >= 4 is 51.2 Å². The van der Waals surface area contributed by atoms with Gasteiger partial charge in [-0.15, -0.1) is 0 Å². The molecule has 4 aromatic rings. The summed E-state index contributed by atoms with van der Waals surface area (Å²) < 4.78 is 0. The minimum atomic E-state index is 0.416. The average molecular weight is 391 g/mol. The van der Waals surface area contributed by atoms with Crippen molar-refractivity contribution in [2.75, 3.05) is 16.4 Å². The van der Waals surface area contributed by atoms with E-state index in [0.717, 1.165) is 33.5 Å². The molecule has 2 heterocycles. The van der Waals surface area contributed by atoms with Crippen molar-refractivity contribution in [2.24, 2.45) is 0 Å². The quantitative estimate of drug-likeness (QED) is 0.434. The fourth-order valence-electron chi connectivity index (χ4n) is 2.94. The molecule has 2 aromatic carbocycles. The fourth-order valence-corrected chi connectivity index (χ4v) is 3.12. The molecule has 0 unspecified atom stereocenters. The van der Waals surface area contributed by atoms with E-state index in [1.165, 1.54) is 6.33 Å². The second kappa shape index (κ2) is 7.32. The van der Waals surface area contributed by atoms with Gasteiger partial charge in [-0.3, -0.25) is 4.98 Å². The molecule has 0 atom stereocenters. The number of rotatable bonds is 4. The molecular formula is C21H19ClN6. The first-order valence-electron chi connectivity index (χ1n) is 8.78. The van der Waals surface area contributed by atoms with Gasteiger partial charge in [-0.2, -0.15) is 0 Å². The van der Waals surface area contributed by atoms with Gasteiger partial charge in [0, 0.05) is 27.5 Å². The van der Waals surface area contributed by atoms with Gasteiger partial charge in [-0.05, 0) is 55.8 Å². The van der Waals surface area contributed by atoms with Gasteiger partial charge < -0.3 is 16.4 Å². The first kappa shape index (κ1) is 18.0. The molecule has 6 nitrogen and oxygen atoms in total. The van der Waals surface area contributed by atoms with E-state index >= 15 is 0 Å². The second-order valence-electron chi connectivity index (χ2n) is 6.52. The Hall–Kier alpha value is -3.38. The van der Waals surface area contributed by atoms with Crippen LogP contribution in [0.15, 0.2) is 54.9 Å². The minimum absolute atomic E-state index is 0.416. The third-order valence-electron chi connectivity index (χ3n) is 4.46. The normalized spacial score (nSPS) is 10.8. The van der Waals surface area contributed by atoms with Gasteiger partial charge in [-0.1, -0.05) is 23.7 Å². The lowest BCUT2D eigenvalue weighted by Crippen LogP contribution is -2.06. The standard InChI is InChI=1S/C21H19ClN6/c1-12-6-8-14(22)10-18(12)28-21-19(23)20(24-11-25-21)27-17-5-3-4-16-15(17)9-7-13(2)26-16/h3-11H,23H2,1-2H3,(H2,24,25,27,28). The van der Waals surface area contributed by atoms with Crippen LogP contribution >= 0.6 is 11.6 Å². The van der Waals surface area contributed by atoms with Crippen LogP contribution in [0.4, 0.5) is 28.7 Å². The number of halogens is 1. The number of nitrogens with two attached hydrogens (primary N) is 1. The maximum Gasteiger partial charge on any atom is 0.159 e. The molecule has 0 saturated carbocycles. The van der Waals surface area contributed by atoms with Crippen LogP contribution in [0.5, 0.6) is 0 Å². The van der Waals surface area contributed by atoms with Crippen molar-refractivity contribution in [3.8, 4) is 0 Å². The predicted octanol–water partition coefficient (Wildman–Crippen LogP) is 5.36. The Morgan fingerprint density at radius 3 is 2.43 bits per heavy atom. The molecule has 0 aliphatic rings. The molecule has 0 fully saturated rings. The SMILES string of the molecule is Cc1ccc2c(Nc3ncnc(Nc4cc(Cl)ccc4C)c3N)cccc2n1. The van der Waals surface area contributed by atoms with E-state index in [1.807, 2.05) is 62.4 Å². The summed E-state index contributed by atoms with van der Waals surface area (Å²) in [5, 5.41) is 8.17. The number of fused-ring (bicyclic) bond motifs is 1. The molecule has 0 spiro atoms. The third kappa shape index (κ3) is 3.54. The van der Waals surface area contributed by atoms with Crippen LogP contribution in [0.2, 0.25) is 5.02 Å². The number of pyridine rings is 1. The number of hydrogen-bond donors (Lipinski definition) is 3. The van der Waals surface area contributed by atoms with E-state index in [1.54, 1.807) is 0 Å². The van der Waals surface area contributed by atoms with Gasteiger partial charge >= 0.3 is 0 Å². The molecule has 0 bridgehead atoms. The summed E-state index contributed by atoms with van der Waals surface area (Å²) in [7, 11) is 0. The molecule has 0 aliphatic heterocycles. The zero-order valence-electron chi connectivity index (χ0n) is 15.5. The van der Waals surface area contributed by atoms with Crippen molar-refractivity contribution in [3.63, 3.8) is 0 Å². The van der Waals surface area contributed by atoms with Gasteiger partial charge in [-0.25, -0.2) is 9.97 Å². The smallest absolute Gasteiger partial charge is 0.159 e.